The van der Waals surface area contributed by atoms with Crippen LogP contribution in [0.25, 0.3) is 0 Å². The van der Waals surface area contributed by atoms with Gasteiger partial charge in [0.1, 0.15) is 12.4 Å². The molecule has 1 heterocycles. The normalized spacial score (nSPS) is 28.7. The topological polar surface area (TPSA) is 67.6 Å². The van der Waals surface area contributed by atoms with Crippen molar-refractivity contribution in [3.63, 3.8) is 0 Å². The maximum atomic E-state index is 12.7. The number of hydrogen-bond acceptors (Lipinski definition) is 4. The van der Waals surface area contributed by atoms with Gasteiger partial charge in [0.2, 0.25) is 5.91 Å². The van der Waals surface area contributed by atoms with E-state index in [9.17, 15) is 4.79 Å². The van der Waals surface area contributed by atoms with Crippen LogP contribution in [-0.2, 0) is 4.79 Å². The third kappa shape index (κ3) is 4.94. The van der Waals surface area contributed by atoms with Crippen molar-refractivity contribution in [2.45, 2.75) is 44.2 Å². The quantitative estimate of drug-likeness (QED) is 0.762. The molecular formula is C19H28Cl3N3O2. The first-order valence-corrected chi connectivity index (χ1v) is 9.70. The zero-order chi connectivity index (χ0) is 17.4. The lowest BCUT2D eigenvalue weighted by molar-refractivity contribution is -0.122. The summed E-state index contributed by atoms with van der Waals surface area (Å²) in [7, 11) is 0. The van der Waals surface area contributed by atoms with Crippen LogP contribution in [0.2, 0.25) is 5.02 Å². The molecule has 8 heteroatoms. The summed E-state index contributed by atoms with van der Waals surface area (Å²) in [5, 5.41) is 3.98. The Bertz CT molecular complexity index is 647. The number of carbonyl (C=O) groups is 1. The van der Waals surface area contributed by atoms with Crippen LogP contribution in [0.15, 0.2) is 18.2 Å². The van der Waals surface area contributed by atoms with Gasteiger partial charge in [0.05, 0.1) is 18.8 Å². The average Bonchev–Trinajstić information content (AvgIpc) is 2.56. The molecule has 5 nitrogen and oxygen atoms in total. The van der Waals surface area contributed by atoms with Crippen molar-refractivity contribution in [1.82, 2.24) is 5.32 Å². The number of benzene rings is 1. The minimum Gasteiger partial charge on any atom is -0.490 e. The van der Waals surface area contributed by atoms with E-state index in [-0.39, 0.29) is 30.7 Å². The fourth-order valence-corrected chi connectivity index (χ4v) is 5.01. The van der Waals surface area contributed by atoms with Crippen molar-refractivity contribution in [1.29, 1.82) is 0 Å². The van der Waals surface area contributed by atoms with Gasteiger partial charge in [-0.15, -0.1) is 24.8 Å². The summed E-state index contributed by atoms with van der Waals surface area (Å²) < 4.78 is 5.67. The molecule has 152 valence electrons. The number of anilines is 1. The standard InChI is InChI=1S/C19H26ClN3O2.2ClH/c20-14-4-5-17-16(10-14)23(6-7-25-17)11-18(24)22-19-12-2-1-3-13(19)9-15(21)8-12;;/h4-5,10,12-13,15,19H,1-3,6-9,11,21H2,(H,22,24);2*1H. The number of rotatable bonds is 3. The Morgan fingerprint density at radius 2 is 1.96 bits per heavy atom. The van der Waals surface area contributed by atoms with Crippen LogP contribution in [0.4, 0.5) is 5.69 Å². The first-order valence-electron chi connectivity index (χ1n) is 9.32. The van der Waals surface area contributed by atoms with Crippen molar-refractivity contribution in [3.8, 4) is 5.75 Å². The third-order valence-corrected chi connectivity index (χ3v) is 6.15. The summed E-state index contributed by atoms with van der Waals surface area (Å²) in [4.78, 5) is 14.8. The predicted octanol–water partition coefficient (Wildman–Crippen LogP) is 3.40. The lowest BCUT2D eigenvalue weighted by atomic mass is 9.67. The van der Waals surface area contributed by atoms with Gasteiger partial charge in [-0.2, -0.15) is 0 Å². The van der Waals surface area contributed by atoms with Gasteiger partial charge in [0, 0.05) is 17.1 Å². The summed E-state index contributed by atoms with van der Waals surface area (Å²) in [6.45, 7) is 1.63. The van der Waals surface area contributed by atoms with E-state index in [1.165, 1.54) is 19.3 Å². The second-order valence-corrected chi connectivity index (χ2v) is 8.09. The molecule has 2 saturated carbocycles. The van der Waals surface area contributed by atoms with E-state index >= 15 is 0 Å². The van der Waals surface area contributed by atoms with Gasteiger partial charge in [-0.25, -0.2) is 0 Å². The van der Waals surface area contributed by atoms with Gasteiger partial charge < -0.3 is 20.7 Å². The molecule has 1 aliphatic heterocycles. The number of carbonyl (C=O) groups excluding carboxylic acids is 1. The van der Waals surface area contributed by atoms with Crippen molar-refractivity contribution in [2.24, 2.45) is 17.6 Å². The van der Waals surface area contributed by atoms with E-state index in [1.807, 2.05) is 18.2 Å². The van der Waals surface area contributed by atoms with E-state index in [2.05, 4.69) is 10.2 Å². The Balaban J connectivity index is 0.00000131. The van der Waals surface area contributed by atoms with E-state index in [4.69, 9.17) is 22.1 Å². The minimum absolute atomic E-state index is 0. The van der Waals surface area contributed by atoms with Crippen LogP contribution >= 0.6 is 36.4 Å². The molecule has 4 rings (SSSR count). The second-order valence-electron chi connectivity index (χ2n) is 7.66. The Morgan fingerprint density at radius 3 is 2.67 bits per heavy atom. The molecule has 0 aromatic heterocycles. The minimum atomic E-state index is 0. The number of halogens is 3. The molecule has 2 atom stereocenters. The first-order chi connectivity index (χ1) is 12.1. The smallest absolute Gasteiger partial charge is 0.239 e. The summed E-state index contributed by atoms with van der Waals surface area (Å²) in [6.07, 6.45) is 5.72. The summed E-state index contributed by atoms with van der Waals surface area (Å²) >= 11 is 6.12. The largest absolute Gasteiger partial charge is 0.490 e. The second kappa shape index (κ2) is 9.55. The molecule has 1 amide bonds. The number of nitrogens with two attached hydrogens (primary N) is 1. The number of amides is 1. The van der Waals surface area contributed by atoms with Crippen molar-refractivity contribution >= 4 is 48.0 Å². The summed E-state index contributed by atoms with van der Waals surface area (Å²) in [5.41, 5.74) is 7.09. The number of ether oxygens (including phenoxy) is 1. The lowest BCUT2D eigenvalue weighted by Crippen LogP contribution is -2.55. The van der Waals surface area contributed by atoms with Crippen molar-refractivity contribution < 1.29 is 9.53 Å². The molecule has 0 spiro atoms. The highest BCUT2D eigenvalue weighted by Crippen LogP contribution is 2.40. The maximum Gasteiger partial charge on any atom is 0.239 e. The highest BCUT2D eigenvalue weighted by Gasteiger charge is 2.40. The molecule has 0 radical (unpaired) electrons. The molecular weight excluding hydrogens is 409 g/mol. The van der Waals surface area contributed by atoms with Crippen LogP contribution in [0.5, 0.6) is 5.75 Å². The number of nitrogens with zero attached hydrogens (tertiary/aromatic N) is 1. The molecule has 1 aromatic rings. The summed E-state index contributed by atoms with van der Waals surface area (Å²) in [6, 6.07) is 6.15. The SMILES string of the molecule is Cl.Cl.NC1CC2CCCC(C1)C2NC(=O)CN1CCOc2ccc(Cl)cc21. The van der Waals surface area contributed by atoms with Crippen LogP contribution in [0.1, 0.15) is 32.1 Å². The Labute approximate surface area is 178 Å². The zero-order valence-corrected chi connectivity index (χ0v) is 17.6. The number of fused-ring (bicyclic) bond motifs is 3. The van der Waals surface area contributed by atoms with Crippen LogP contribution in [0.3, 0.4) is 0 Å². The molecule has 2 aliphatic carbocycles. The molecule has 2 unspecified atom stereocenters. The first kappa shape index (κ1) is 22.4. The van der Waals surface area contributed by atoms with Gasteiger partial charge in [-0.05, 0) is 55.7 Å². The van der Waals surface area contributed by atoms with E-state index < -0.39 is 0 Å². The Kier molecular flexibility index (Phi) is 7.93. The number of hydrogen-bond donors (Lipinski definition) is 2. The van der Waals surface area contributed by atoms with E-state index in [0.717, 1.165) is 24.3 Å². The van der Waals surface area contributed by atoms with Gasteiger partial charge in [0.25, 0.3) is 0 Å². The molecule has 3 N–H and O–H groups in total. The van der Waals surface area contributed by atoms with Gasteiger partial charge in [-0.3, -0.25) is 4.79 Å². The average molecular weight is 437 g/mol. The van der Waals surface area contributed by atoms with Gasteiger partial charge in [-0.1, -0.05) is 18.0 Å². The maximum absolute atomic E-state index is 12.7. The molecule has 27 heavy (non-hydrogen) atoms. The Hall–Kier alpha value is -0.880. The molecule has 2 bridgehead atoms. The van der Waals surface area contributed by atoms with Crippen LogP contribution < -0.4 is 20.7 Å². The predicted molar refractivity (Wildman–Crippen MR) is 114 cm³/mol. The fourth-order valence-electron chi connectivity index (χ4n) is 4.84. The highest BCUT2D eigenvalue weighted by molar-refractivity contribution is 6.31. The number of nitrogens with one attached hydrogen (secondary N) is 1. The summed E-state index contributed by atoms with van der Waals surface area (Å²) in [5.74, 6) is 1.96. The van der Waals surface area contributed by atoms with E-state index in [0.29, 0.717) is 48.6 Å². The highest BCUT2D eigenvalue weighted by atomic mass is 35.5. The lowest BCUT2D eigenvalue weighted by Gasteiger charge is -2.45. The van der Waals surface area contributed by atoms with E-state index in [1.54, 1.807) is 0 Å². The van der Waals surface area contributed by atoms with Crippen LogP contribution in [0, 0.1) is 11.8 Å². The van der Waals surface area contributed by atoms with Gasteiger partial charge >= 0.3 is 0 Å². The molecule has 1 aromatic carbocycles. The van der Waals surface area contributed by atoms with Crippen molar-refractivity contribution in [3.05, 3.63) is 23.2 Å². The fraction of sp³-hybridized carbons (Fsp3) is 0.632. The van der Waals surface area contributed by atoms with Gasteiger partial charge in [0.15, 0.2) is 0 Å². The van der Waals surface area contributed by atoms with Crippen LogP contribution in [-0.4, -0.2) is 37.7 Å². The van der Waals surface area contributed by atoms with Crippen molar-refractivity contribution in [2.75, 3.05) is 24.6 Å². The molecule has 3 aliphatic rings. The zero-order valence-electron chi connectivity index (χ0n) is 15.2. The molecule has 0 saturated heterocycles. The molecule has 2 fully saturated rings. The third-order valence-electron chi connectivity index (χ3n) is 5.92. The monoisotopic (exact) mass is 435 g/mol. The Morgan fingerprint density at radius 1 is 1.26 bits per heavy atom.